The number of hydrogen-bond acceptors (Lipinski definition) is 6. The van der Waals surface area contributed by atoms with Crippen molar-refractivity contribution < 1.29 is 8.42 Å². The summed E-state index contributed by atoms with van der Waals surface area (Å²) in [6, 6.07) is -0.291. The van der Waals surface area contributed by atoms with Crippen molar-refractivity contribution in [2.75, 3.05) is 18.9 Å². The van der Waals surface area contributed by atoms with Crippen molar-refractivity contribution in [3.63, 3.8) is 0 Å². The number of sulfonamides is 1. The summed E-state index contributed by atoms with van der Waals surface area (Å²) >= 11 is 0. The molecule has 1 aliphatic rings. The molecule has 0 aliphatic carbocycles. The van der Waals surface area contributed by atoms with Crippen LogP contribution in [0.1, 0.15) is 30.3 Å². The molecule has 1 saturated heterocycles. The molecule has 3 heterocycles. The van der Waals surface area contributed by atoms with E-state index in [1.54, 1.807) is 39.6 Å². The van der Waals surface area contributed by atoms with Crippen molar-refractivity contribution >= 4 is 15.8 Å². The van der Waals surface area contributed by atoms with Crippen LogP contribution in [0.3, 0.4) is 0 Å². The lowest BCUT2D eigenvalue weighted by molar-refractivity contribution is 0.389. The van der Waals surface area contributed by atoms with Gasteiger partial charge in [-0.05, 0) is 19.8 Å². The van der Waals surface area contributed by atoms with E-state index >= 15 is 0 Å². The van der Waals surface area contributed by atoms with Gasteiger partial charge in [0.05, 0.1) is 29.8 Å². The van der Waals surface area contributed by atoms with Crippen LogP contribution in [-0.4, -0.2) is 46.1 Å². The van der Waals surface area contributed by atoms with Crippen LogP contribution in [0, 0.1) is 6.92 Å². The summed E-state index contributed by atoms with van der Waals surface area (Å²) in [4.78, 5) is 8.86. The maximum atomic E-state index is 13.0. The van der Waals surface area contributed by atoms with Crippen LogP contribution in [0.2, 0.25) is 0 Å². The monoisotopic (exact) mass is 336 g/mol. The molecule has 0 radical (unpaired) electrons. The molecule has 1 fully saturated rings. The minimum Gasteiger partial charge on any atom is -0.372 e. The Morgan fingerprint density at radius 2 is 2.13 bits per heavy atom. The maximum Gasteiger partial charge on any atom is 0.247 e. The fourth-order valence-corrected chi connectivity index (χ4v) is 4.81. The van der Waals surface area contributed by atoms with Gasteiger partial charge in [-0.15, -0.1) is 0 Å². The van der Waals surface area contributed by atoms with E-state index in [1.807, 2.05) is 0 Å². The summed E-state index contributed by atoms with van der Waals surface area (Å²) in [6.45, 7) is 2.19. The number of nitrogens with one attached hydrogen (secondary N) is 1. The fraction of sp³-hybridized carbons (Fsp3) is 0.500. The van der Waals surface area contributed by atoms with E-state index in [0.29, 0.717) is 23.8 Å². The molecule has 9 heteroatoms. The van der Waals surface area contributed by atoms with E-state index in [9.17, 15) is 8.42 Å². The number of aryl methyl sites for hydroxylation is 2. The van der Waals surface area contributed by atoms with E-state index in [4.69, 9.17) is 0 Å². The third-order valence-electron chi connectivity index (χ3n) is 4.01. The topological polar surface area (TPSA) is 93.0 Å². The number of rotatable bonds is 4. The zero-order chi connectivity index (χ0) is 16.6. The summed E-state index contributed by atoms with van der Waals surface area (Å²) in [7, 11) is -0.126. The van der Waals surface area contributed by atoms with Crippen LogP contribution < -0.4 is 5.32 Å². The summed E-state index contributed by atoms with van der Waals surface area (Å²) in [5.41, 5.74) is 1.17. The van der Waals surface area contributed by atoms with Crippen molar-refractivity contribution in [2.45, 2.75) is 30.7 Å². The lowest BCUT2D eigenvalue weighted by Crippen LogP contribution is -2.31. The highest BCUT2D eigenvalue weighted by molar-refractivity contribution is 7.89. The molecule has 0 aromatic carbocycles. The van der Waals surface area contributed by atoms with Gasteiger partial charge >= 0.3 is 0 Å². The van der Waals surface area contributed by atoms with Gasteiger partial charge in [0, 0.05) is 26.8 Å². The maximum absolute atomic E-state index is 13.0. The van der Waals surface area contributed by atoms with Gasteiger partial charge in [-0.1, -0.05) is 0 Å². The Morgan fingerprint density at radius 1 is 1.35 bits per heavy atom. The van der Waals surface area contributed by atoms with Gasteiger partial charge in [0.1, 0.15) is 10.7 Å². The molecular formula is C14H20N6O2S. The minimum atomic E-state index is -3.60. The Bertz CT molecular complexity index is 816. The van der Waals surface area contributed by atoms with E-state index in [0.717, 1.165) is 12.8 Å². The van der Waals surface area contributed by atoms with Crippen LogP contribution in [0.25, 0.3) is 0 Å². The Balaban J connectivity index is 1.99. The number of anilines is 1. The minimum absolute atomic E-state index is 0.254. The van der Waals surface area contributed by atoms with Gasteiger partial charge in [-0.25, -0.2) is 13.4 Å². The first kappa shape index (κ1) is 15.9. The molecule has 1 aliphatic heterocycles. The molecule has 0 saturated carbocycles. The van der Waals surface area contributed by atoms with Crippen molar-refractivity contribution in [1.82, 2.24) is 24.1 Å². The third-order valence-corrected chi connectivity index (χ3v) is 6.02. The third kappa shape index (κ3) is 2.81. The molecule has 2 aromatic heterocycles. The molecule has 124 valence electrons. The van der Waals surface area contributed by atoms with Gasteiger partial charge < -0.3 is 5.32 Å². The summed E-state index contributed by atoms with van der Waals surface area (Å²) in [5, 5.41) is 7.08. The predicted molar refractivity (Wildman–Crippen MR) is 85.4 cm³/mol. The molecule has 0 bridgehead atoms. The first-order chi connectivity index (χ1) is 10.9. The molecule has 1 atom stereocenters. The van der Waals surface area contributed by atoms with E-state index in [1.165, 1.54) is 8.99 Å². The van der Waals surface area contributed by atoms with E-state index in [-0.39, 0.29) is 10.9 Å². The van der Waals surface area contributed by atoms with Crippen LogP contribution in [0.5, 0.6) is 0 Å². The standard InChI is InChI=1S/C14H20N6O2S/c1-10-13(9-19(3)18-10)23(21,22)20-6-4-5-12(20)11-7-16-8-14(15-2)17-11/h7-9,12H,4-6H2,1-3H3,(H,15,17). The molecule has 8 nitrogen and oxygen atoms in total. The highest BCUT2D eigenvalue weighted by Crippen LogP contribution is 2.36. The first-order valence-corrected chi connectivity index (χ1v) is 8.89. The second-order valence-corrected chi connectivity index (χ2v) is 7.46. The molecule has 1 N–H and O–H groups in total. The number of nitrogens with zero attached hydrogens (tertiary/aromatic N) is 5. The SMILES string of the molecule is CNc1cncc(C2CCCN2S(=O)(=O)c2cn(C)nc2C)n1. The van der Waals surface area contributed by atoms with Crippen LogP contribution in [0.15, 0.2) is 23.5 Å². The molecule has 2 aromatic rings. The van der Waals surface area contributed by atoms with Gasteiger partial charge in [-0.2, -0.15) is 9.40 Å². The molecule has 3 rings (SSSR count). The molecule has 1 unspecified atom stereocenters. The van der Waals surface area contributed by atoms with Crippen LogP contribution >= 0.6 is 0 Å². The Morgan fingerprint density at radius 3 is 2.78 bits per heavy atom. The quantitative estimate of drug-likeness (QED) is 0.898. The number of hydrogen-bond donors (Lipinski definition) is 1. The largest absolute Gasteiger partial charge is 0.372 e. The summed E-state index contributed by atoms with van der Waals surface area (Å²) < 4.78 is 29.1. The van der Waals surface area contributed by atoms with Crippen molar-refractivity contribution in [1.29, 1.82) is 0 Å². The van der Waals surface area contributed by atoms with Crippen LogP contribution in [0.4, 0.5) is 5.82 Å². The van der Waals surface area contributed by atoms with E-state index in [2.05, 4.69) is 20.4 Å². The van der Waals surface area contributed by atoms with Gasteiger partial charge in [0.2, 0.25) is 10.0 Å². The van der Waals surface area contributed by atoms with Crippen molar-refractivity contribution in [3.05, 3.63) is 30.0 Å². The Hall–Kier alpha value is -2.00. The molecule has 23 heavy (non-hydrogen) atoms. The first-order valence-electron chi connectivity index (χ1n) is 7.45. The molecular weight excluding hydrogens is 316 g/mol. The average molecular weight is 336 g/mol. The molecule has 0 spiro atoms. The lowest BCUT2D eigenvalue weighted by atomic mass is 10.2. The van der Waals surface area contributed by atoms with Crippen molar-refractivity contribution in [2.24, 2.45) is 7.05 Å². The zero-order valence-corrected chi connectivity index (χ0v) is 14.2. The van der Waals surface area contributed by atoms with E-state index < -0.39 is 10.0 Å². The van der Waals surface area contributed by atoms with Crippen LogP contribution in [-0.2, 0) is 17.1 Å². The second-order valence-electron chi connectivity index (χ2n) is 5.61. The Kier molecular flexibility index (Phi) is 4.07. The van der Waals surface area contributed by atoms with Gasteiger partial charge in [-0.3, -0.25) is 9.67 Å². The lowest BCUT2D eigenvalue weighted by Gasteiger charge is -2.23. The Labute approximate surface area is 135 Å². The second kappa shape index (κ2) is 5.89. The van der Waals surface area contributed by atoms with Gasteiger partial charge in [0.25, 0.3) is 0 Å². The summed E-state index contributed by atoms with van der Waals surface area (Å²) in [5.74, 6) is 0.629. The average Bonchev–Trinajstić information content (AvgIpc) is 3.14. The normalized spacial score (nSPS) is 19.2. The highest BCUT2D eigenvalue weighted by atomic mass is 32.2. The smallest absolute Gasteiger partial charge is 0.247 e. The zero-order valence-electron chi connectivity index (χ0n) is 13.4. The van der Waals surface area contributed by atoms with Crippen molar-refractivity contribution in [3.8, 4) is 0 Å². The van der Waals surface area contributed by atoms with Gasteiger partial charge in [0.15, 0.2) is 0 Å². The molecule has 0 amide bonds. The fourth-order valence-electron chi connectivity index (χ4n) is 2.94. The number of aromatic nitrogens is 4. The summed E-state index contributed by atoms with van der Waals surface area (Å²) in [6.07, 6.45) is 6.34. The highest BCUT2D eigenvalue weighted by Gasteiger charge is 2.38. The predicted octanol–water partition coefficient (Wildman–Crippen LogP) is 1.09.